The van der Waals surface area contributed by atoms with E-state index in [2.05, 4.69) is 34.5 Å². The molecular weight excluding hydrogens is 332 g/mol. The lowest BCUT2D eigenvalue weighted by Gasteiger charge is -2.12. The second-order valence-corrected chi connectivity index (χ2v) is 6.44. The van der Waals surface area contributed by atoms with Gasteiger partial charge in [-0.2, -0.15) is 0 Å². The van der Waals surface area contributed by atoms with Gasteiger partial charge in [-0.15, -0.1) is 11.8 Å². The molecule has 0 bridgehead atoms. The summed E-state index contributed by atoms with van der Waals surface area (Å²) in [4.78, 5) is 17.6. The fraction of sp³-hybridized carbons (Fsp3) is 0.250. The first-order valence-corrected chi connectivity index (χ1v) is 8.83. The molecule has 3 aromatic rings. The van der Waals surface area contributed by atoms with E-state index < -0.39 is 0 Å². The number of rotatable bonds is 4. The third-order valence-electron chi connectivity index (χ3n) is 3.72. The smallest absolute Gasteiger partial charge is 0.277 e. The first kappa shape index (κ1) is 16.0. The second kappa shape index (κ2) is 6.29. The first-order valence-electron chi connectivity index (χ1n) is 7.22. The Morgan fingerprint density at radius 2 is 2.13 bits per heavy atom. The van der Waals surface area contributed by atoms with E-state index in [1.165, 1.54) is 10.2 Å². The SMILES string of the molecule is CCc1ccc(Nc2cc(Cl)nc3[nH]n(C)c(=O)c23)c(SC)c1. The monoisotopic (exact) mass is 348 g/mol. The van der Waals surface area contributed by atoms with Crippen LogP contribution in [-0.4, -0.2) is 21.0 Å². The van der Waals surface area contributed by atoms with Crippen molar-refractivity contribution in [3.05, 3.63) is 45.3 Å². The number of benzene rings is 1. The van der Waals surface area contributed by atoms with Crippen LogP contribution in [0.5, 0.6) is 0 Å². The van der Waals surface area contributed by atoms with Gasteiger partial charge in [0.1, 0.15) is 10.5 Å². The Morgan fingerprint density at radius 1 is 1.35 bits per heavy atom. The molecule has 120 valence electrons. The van der Waals surface area contributed by atoms with Gasteiger partial charge in [0.25, 0.3) is 5.56 Å². The number of aromatic amines is 1. The van der Waals surface area contributed by atoms with Crippen molar-refractivity contribution in [2.45, 2.75) is 18.2 Å². The number of hydrogen-bond donors (Lipinski definition) is 2. The molecule has 3 rings (SSSR count). The quantitative estimate of drug-likeness (QED) is 0.553. The largest absolute Gasteiger partial charge is 0.354 e. The molecule has 0 aliphatic rings. The van der Waals surface area contributed by atoms with E-state index in [1.807, 2.05) is 12.3 Å². The molecular formula is C16H17ClN4OS. The Labute approximate surface area is 143 Å². The summed E-state index contributed by atoms with van der Waals surface area (Å²) in [6.45, 7) is 2.13. The lowest BCUT2D eigenvalue weighted by Crippen LogP contribution is -2.12. The standard InChI is InChI=1S/C16H17ClN4OS/c1-4-9-5-6-10(12(7-9)23-3)18-11-8-13(17)19-15-14(11)16(22)21(2)20-15/h5-8H,4H2,1-3H3,(H2,18,19,20). The van der Waals surface area contributed by atoms with E-state index in [-0.39, 0.29) is 5.56 Å². The van der Waals surface area contributed by atoms with Crippen LogP contribution in [0.25, 0.3) is 11.0 Å². The van der Waals surface area contributed by atoms with Crippen LogP contribution in [0.4, 0.5) is 11.4 Å². The van der Waals surface area contributed by atoms with Gasteiger partial charge in [-0.3, -0.25) is 14.6 Å². The van der Waals surface area contributed by atoms with Crippen LogP contribution in [0.1, 0.15) is 12.5 Å². The maximum atomic E-state index is 12.3. The molecule has 0 atom stereocenters. The van der Waals surface area contributed by atoms with Crippen LogP contribution in [-0.2, 0) is 13.5 Å². The molecule has 7 heteroatoms. The van der Waals surface area contributed by atoms with Crippen molar-refractivity contribution in [1.82, 2.24) is 14.8 Å². The summed E-state index contributed by atoms with van der Waals surface area (Å²) in [6, 6.07) is 7.94. The molecule has 0 aliphatic carbocycles. The van der Waals surface area contributed by atoms with E-state index in [9.17, 15) is 4.79 Å². The van der Waals surface area contributed by atoms with Gasteiger partial charge in [-0.25, -0.2) is 4.98 Å². The minimum atomic E-state index is -0.137. The van der Waals surface area contributed by atoms with Gasteiger partial charge < -0.3 is 5.32 Å². The number of pyridine rings is 1. The molecule has 5 nitrogen and oxygen atoms in total. The van der Waals surface area contributed by atoms with E-state index in [0.29, 0.717) is 21.9 Å². The molecule has 2 N–H and O–H groups in total. The van der Waals surface area contributed by atoms with Crippen LogP contribution in [0.2, 0.25) is 5.15 Å². The normalized spacial score (nSPS) is 11.1. The molecule has 0 saturated heterocycles. The zero-order chi connectivity index (χ0) is 16.6. The summed E-state index contributed by atoms with van der Waals surface area (Å²) in [6.07, 6.45) is 3.02. The summed E-state index contributed by atoms with van der Waals surface area (Å²) in [5.41, 5.74) is 3.21. The Kier molecular flexibility index (Phi) is 4.37. The van der Waals surface area contributed by atoms with Crippen LogP contribution in [0.15, 0.2) is 34.0 Å². The lowest BCUT2D eigenvalue weighted by atomic mass is 10.1. The highest BCUT2D eigenvalue weighted by Crippen LogP contribution is 2.32. The van der Waals surface area contributed by atoms with Gasteiger partial charge in [-0.05, 0) is 36.4 Å². The highest BCUT2D eigenvalue weighted by molar-refractivity contribution is 7.98. The average molecular weight is 349 g/mol. The van der Waals surface area contributed by atoms with Gasteiger partial charge in [-0.1, -0.05) is 24.6 Å². The summed E-state index contributed by atoms with van der Waals surface area (Å²) in [7, 11) is 1.66. The minimum absolute atomic E-state index is 0.137. The number of hydrogen-bond acceptors (Lipinski definition) is 4. The number of halogens is 1. The van der Waals surface area contributed by atoms with Crippen molar-refractivity contribution in [1.29, 1.82) is 0 Å². The van der Waals surface area contributed by atoms with Crippen molar-refractivity contribution in [2.75, 3.05) is 11.6 Å². The molecule has 2 aromatic heterocycles. The van der Waals surface area contributed by atoms with Crippen LogP contribution < -0.4 is 10.9 Å². The molecule has 1 aromatic carbocycles. The number of nitrogens with zero attached hydrogens (tertiary/aromatic N) is 2. The van der Waals surface area contributed by atoms with Gasteiger partial charge in [0.05, 0.1) is 11.4 Å². The van der Waals surface area contributed by atoms with Gasteiger partial charge >= 0.3 is 0 Å². The molecule has 0 radical (unpaired) electrons. The van der Waals surface area contributed by atoms with Gasteiger partial charge in [0, 0.05) is 11.9 Å². The van der Waals surface area contributed by atoms with Crippen molar-refractivity contribution >= 4 is 45.8 Å². The Morgan fingerprint density at radius 3 is 2.83 bits per heavy atom. The highest BCUT2D eigenvalue weighted by Gasteiger charge is 2.14. The molecule has 0 unspecified atom stereocenters. The number of aryl methyl sites for hydroxylation is 2. The maximum absolute atomic E-state index is 12.3. The highest BCUT2D eigenvalue weighted by atomic mass is 35.5. The Balaban J connectivity index is 2.13. The van der Waals surface area contributed by atoms with E-state index in [0.717, 1.165) is 17.0 Å². The summed E-state index contributed by atoms with van der Waals surface area (Å²) in [5, 5.41) is 7.07. The topological polar surface area (TPSA) is 62.7 Å². The Hall–Kier alpha value is -1.92. The molecule has 2 heterocycles. The second-order valence-electron chi connectivity index (χ2n) is 5.21. The van der Waals surface area contributed by atoms with Crippen LogP contribution >= 0.6 is 23.4 Å². The maximum Gasteiger partial charge on any atom is 0.277 e. The molecule has 0 fully saturated rings. The van der Waals surface area contributed by atoms with Crippen molar-refractivity contribution in [3.8, 4) is 0 Å². The first-order chi connectivity index (χ1) is 11.0. The number of fused-ring (bicyclic) bond motifs is 1. The zero-order valence-corrected chi connectivity index (χ0v) is 14.7. The predicted molar refractivity (Wildman–Crippen MR) is 97.2 cm³/mol. The number of H-pyrrole nitrogens is 1. The van der Waals surface area contributed by atoms with Crippen molar-refractivity contribution in [3.63, 3.8) is 0 Å². The third-order valence-corrected chi connectivity index (χ3v) is 4.70. The van der Waals surface area contributed by atoms with Crippen LogP contribution in [0, 0.1) is 0 Å². The van der Waals surface area contributed by atoms with Crippen molar-refractivity contribution < 1.29 is 0 Å². The molecule has 23 heavy (non-hydrogen) atoms. The van der Waals surface area contributed by atoms with Gasteiger partial charge in [0.2, 0.25) is 0 Å². The van der Waals surface area contributed by atoms with E-state index in [1.54, 1.807) is 24.9 Å². The third kappa shape index (κ3) is 2.96. The molecule has 0 amide bonds. The van der Waals surface area contributed by atoms with E-state index >= 15 is 0 Å². The zero-order valence-electron chi connectivity index (χ0n) is 13.1. The molecule has 0 aliphatic heterocycles. The summed E-state index contributed by atoms with van der Waals surface area (Å²) >= 11 is 7.75. The molecule has 0 spiro atoms. The molecule has 0 saturated carbocycles. The average Bonchev–Trinajstić information content (AvgIpc) is 2.82. The fourth-order valence-electron chi connectivity index (χ4n) is 2.49. The predicted octanol–water partition coefficient (Wildman–Crippen LogP) is 3.94. The van der Waals surface area contributed by atoms with Gasteiger partial charge in [0.15, 0.2) is 5.65 Å². The van der Waals surface area contributed by atoms with Crippen molar-refractivity contribution in [2.24, 2.45) is 7.05 Å². The lowest BCUT2D eigenvalue weighted by molar-refractivity contribution is 0.748. The Bertz CT molecular complexity index is 932. The van der Waals surface area contributed by atoms with Crippen LogP contribution in [0.3, 0.4) is 0 Å². The number of anilines is 2. The summed E-state index contributed by atoms with van der Waals surface area (Å²) in [5.74, 6) is 0. The number of aromatic nitrogens is 3. The fourth-order valence-corrected chi connectivity index (χ4v) is 3.29. The minimum Gasteiger partial charge on any atom is -0.354 e. The summed E-state index contributed by atoms with van der Waals surface area (Å²) < 4.78 is 1.40. The number of thioether (sulfide) groups is 1. The number of nitrogens with one attached hydrogen (secondary N) is 2. The van der Waals surface area contributed by atoms with E-state index in [4.69, 9.17) is 11.6 Å².